The van der Waals surface area contributed by atoms with E-state index in [1.54, 1.807) is 12.1 Å². The monoisotopic (exact) mass is 250 g/mol. The van der Waals surface area contributed by atoms with E-state index in [1.807, 2.05) is 26.0 Å². The third kappa shape index (κ3) is 5.21. The second-order valence-corrected chi connectivity index (χ2v) is 4.53. The summed E-state index contributed by atoms with van der Waals surface area (Å²) in [6.07, 6.45) is 3.33. The van der Waals surface area contributed by atoms with Gasteiger partial charge in [-0.2, -0.15) is 0 Å². The van der Waals surface area contributed by atoms with Gasteiger partial charge in [-0.25, -0.2) is 4.79 Å². The van der Waals surface area contributed by atoms with Crippen LogP contribution in [0.1, 0.15) is 50.4 Å². The van der Waals surface area contributed by atoms with Crippen molar-refractivity contribution >= 4 is 5.97 Å². The van der Waals surface area contributed by atoms with Gasteiger partial charge in [0.05, 0.1) is 18.3 Å². The van der Waals surface area contributed by atoms with Crippen LogP contribution in [0.5, 0.6) is 5.75 Å². The van der Waals surface area contributed by atoms with Crippen LogP contribution in [0.4, 0.5) is 0 Å². The number of rotatable bonds is 7. The summed E-state index contributed by atoms with van der Waals surface area (Å²) in [6.45, 7) is 6.56. The number of carbonyl (C=O) groups is 1. The van der Waals surface area contributed by atoms with E-state index in [-0.39, 0.29) is 12.1 Å². The minimum Gasteiger partial charge on any atom is -0.494 e. The fraction of sp³-hybridized carbons (Fsp3) is 0.533. The van der Waals surface area contributed by atoms with Gasteiger partial charge in [0.2, 0.25) is 0 Å². The summed E-state index contributed by atoms with van der Waals surface area (Å²) >= 11 is 0. The Morgan fingerprint density at radius 3 is 2.39 bits per heavy atom. The molecule has 0 aliphatic rings. The van der Waals surface area contributed by atoms with Crippen molar-refractivity contribution in [3.8, 4) is 5.75 Å². The first-order chi connectivity index (χ1) is 8.63. The summed E-state index contributed by atoms with van der Waals surface area (Å²) < 4.78 is 10.7. The Balaban J connectivity index is 2.44. The van der Waals surface area contributed by atoms with Crippen LogP contribution in [0.2, 0.25) is 0 Å². The lowest BCUT2D eigenvalue weighted by atomic mass is 10.2. The molecule has 0 unspecified atom stereocenters. The Bertz CT molecular complexity index is 355. The van der Waals surface area contributed by atoms with Crippen LogP contribution in [0.15, 0.2) is 24.3 Å². The molecule has 0 aliphatic carbocycles. The lowest BCUT2D eigenvalue weighted by Gasteiger charge is -2.09. The minimum absolute atomic E-state index is 0.0949. The van der Waals surface area contributed by atoms with Crippen molar-refractivity contribution in [2.45, 2.75) is 46.1 Å². The van der Waals surface area contributed by atoms with Gasteiger partial charge in [-0.05, 0) is 44.5 Å². The highest BCUT2D eigenvalue weighted by atomic mass is 16.5. The van der Waals surface area contributed by atoms with E-state index in [4.69, 9.17) is 9.47 Å². The maximum atomic E-state index is 11.6. The predicted octanol–water partition coefficient (Wildman–Crippen LogP) is 3.82. The molecule has 0 spiro atoms. The van der Waals surface area contributed by atoms with Crippen LogP contribution in [-0.4, -0.2) is 18.7 Å². The molecular formula is C15H22O3. The third-order valence-corrected chi connectivity index (χ3v) is 2.45. The molecule has 0 saturated heterocycles. The van der Waals surface area contributed by atoms with E-state index in [2.05, 4.69) is 6.92 Å². The van der Waals surface area contributed by atoms with Crippen LogP contribution in [0.25, 0.3) is 0 Å². The van der Waals surface area contributed by atoms with Gasteiger partial charge in [0.1, 0.15) is 5.75 Å². The maximum absolute atomic E-state index is 11.6. The first-order valence-corrected chi connectivity index (χ1v) is 6.57. The normalized spacial score (nSPS) is 10.4. The molecule has 18 heavy (non-hydrogen) atoms. The molecule has 100 valence electrons. The average Bonchev–Trinajstić information content (AvgIpc) is 2.34. The molecule has 0 amide bonds. The number of carbonyl (C=O) groups excluding carboxylic acids is 1. The van der Waals surface area contributed by atoms with Gasteiger partial charge in [0.15, 0.2) is 0 Å². The summed E-state index contributed by atoms with van der Waals surface area (Å²) in [6, 6.07) is 7.09. The molecule has 1 aromatic carbocycles. The largest absolute Gasteiger partial charge is 0.494 e. The summed E-state index contributed by atoms with van der Waals surface area (Å²) in [4.78, 5) is 11.6. The van der Waals surface area contributed by atoms with Crippen LogP contribution >= 0.6 is 0 Å². The Morgan fingerprint density at radius 1 is 1.17 bits per heavy atom. The number of hydrogen-bond donors (Lipinski definition) is 0. The lowest BCUT2D eigenvalue weighted by Crippen LogP contribution is -2.11. The van der Waals surface area contributed by atoms with E-state index in [1.165, 1.54) is 12.8 Å². The quantitative estimate of drug-likeness (QED) is 0.545. The first-order valence-electron chi connectivity index (χ1n) is 6.57. The molecule has 0 saturated carbocycles. The standard InChI is InChI=1S/C15H22O3/c1-4-5-6-11-17-14-9-7-13(8-10-14)15(16)18-12(2)3/h7-10,12H,4-6,11H2,1-3H3. The Kier molecular flexibility index (Phi) is 6.26. The zero-order chi connectivity index (χ0) is 13.4. The van der Waals surface area contributed by atoms with E-state index in [0.717, 1.165) is 18.8 Å². The number of hydrogen-bond acceptors (Lipinski definition) is 3. The Labute approximate surface area is 109 Å². The zero-order valence-electron chi connectivity index (χ0n) is 11.4. The second-order valence-electron chi connectivity index (χ2n) is 4.53. The fourth-order valence-corrected chi connectivity index (χ4v) is 1.51. The van der Waals surface area contributed by atoms with Crippen molar-refractivity contribution in [2.75, 3.05) is 6.61 Å². The van der Waals surface area contributed by atoms with Crippen molar-refractivity contribution in [2.24, 2.45) is 0 Å². The molecule has 0 atom stereocenters. The summed E-state index contributed by atoms with van der Waals surface area (Å²) in [5.74, 6) is 0.509. The zero-order valence-corrected chi connectivity index (χ0v) is 11.4. The number of esters is 1. The molecule has 0 N–H and O–H groups in total. The average molecular weight is 250 g/mol. The molecule has 1 rings (SSSR count). The van der Waals surface area contributed by atoms with Gasteiger partial charge in [-0.15, -0.1) is 0 Å². The van der Waals surface area contributed by atoms with E-state index >= 15 is 0 Å². The van der Waals surface area contributed by atoms with Gasteiger partial charge in [0, 0.05) is 0 Å². The molecule has 0 heterocycles. The fourth-order valence-electron chi connectivity index (χ4n) is 1.51. The van der Waals surface area contributed by atoms with Crippen LogP contribution < -0.4 is 4.74 Å². The molecule has 0 aromatic heterocycles. The smallest absolute Gasteiger partial charge is 0.338 e. The predicted molar refractivity (Wildman–Crippen MR) is 72.0 cm³/mol. The minimum atomic E-state index is -0.289. The molecule has 3 heteroatoms. The van der Waals surface area contributed by atoms with Gasteiger partial charge in [-0.3, -0.25) is 0 Å². The second kappa shape index (κ2) is 7.75. The van der Waals surface area contributed by atoms with Crippen molar-refractivity contribution in [1.29, 1.82) is 0 Å². The van der Waals surface area contributed by atoms with E-state index < -0.39 is 0 Å². The summed E-state index contributed by atoms with van der Waals surface area (Å²) in [7, 11) is 0. The van der Waals surface area contributed by atoms with Crippen LogP contribution in [0.3, 0.4) is 0 Å². The molecule has 0 fully saturated rings. The molecule has 3 nitrogen and oxygen atoms in total. The molecule has 1 aromatic rings. The van der Waals surface area contributed by atoms with E-state index in [0.29, 0.717) is 5.56 Å². The highest BCUT2D eigenvalue weighted by molar-refractivity contribution is 5.89. The lowest BCUT2D eigenvalue weighted by molar-refractivity contribution is 0.0378. The summed E-state index contributed by atoms with van der Waals surface area (Å²) in [5, 5.41) is 0. The number of benzene rings is 1. The highest BCUT2D eigenvalue weighted by Gasteiger charge is 2.08. The molecule has 0 radical (unpaired) electrons. The van der Waals surface area contributed by atoms with Crippen LogP contribution in [0, 0.1) is 0 Å². The highest BCUT2D eigenvalue weighted by Crippen LogP contribution is 2.14. The van der Waals surface area contributed by atoms with E-state index in [9.17, 15) is 4.79 Å². The SMILES string of the molecule is CCCCCOc1ccc(C(=O)OC(C)C)cc1. The van der Waals surface area contributed by atoms with Gasteiger partial charge in [0.25, 0.3) is 0 Å². The molecular weight excluding hydrogens is 228 g/mol. The van der Waals surface area contributed by atoms with Crippen molar-refractivity contribution in [3.05, 3.63) is 29.8 Å². The first kappa shape index (κ1) is 14.6. The topological polar surface area (TPSA) is 35.5 Å². The maximum Gasteiger partial charge on any atom is 0.338 e. The van der Waals surface area contributed by atoms with Crippen LogP contribution in [-0.2, 0) is 4.74 Å². The number of ether oxygens (including phenoxy) is 2. The summed E-state index contributed by atoms with van der Waals surface area (Å²) in [5.41, 5.74) is 0.560. The Hall–Kier alpha value is -1.51. The van der Waals surface area contributed by atoms with Crippen molar-refractivity contribution < 1.29 is 14.3 Å². The van der Waals surface area contributed by atoms with Gasteiger partial charge in [-0.1, -0.05) is 19.8 Å². The Morgan fingerprint density at radius 2 is 1.83 bits per heavy atom. The number of unbranched alkanes of at least 4 members (excludes halogenated alkanes) is 2. The molecule has 0 bridgehead atoms. The van der Waals surface area contributed by atoms with Crippen molar-refractivity contribution in [3.63, 3.8) is 0 Å². The third-order valence-electron chi connectivity index (χ3n) is 2.45. The molecule has 0 aliphatic heterocycles. The van der Waals surface area contributed by atoms with Crippen molar-refractivity contribution in [1.82, 2.24) is 0 Å². The van der Waals surface area contributed by atoms with Gasteiger partial charge >= 0.3 is 5.97 Å². The van der Waals surface area contributed by atoms with Gasteiger partial charge < -0.3 is 9.47 Å².